The third-order valence-electron chi connectivity index (χ3n) is 2.99. The molecule has 0 spiro atoms. The van der Waals surface area contributed by atoms with Crippen molar-refractivity contribution in [3.8, 4) is 0 Å². The standard InChI is InChI=1S/C11H20N4O/c1-8-3-9(2)6-15(5-8)7-10-13-11(4-12)16-14-10/h8-9H,3-7,12H2,1-2H3. The Labute approximate surface area is 96.0 Å². The van der Waals surface area contributed by atoms with Gasteiger partial charge < -0.3 is 10.3 Å². The van der Waals surface area contributed by atoms with Crippen LogP contribution in [0.25, 0.3) is 0 Å². The van der Waals surface area contributed by atoms with Crippen LogP contribution >= 0.6 is 0 Å². The van der Waals surface area contributed by atoms with Gasteiger partial charge in [-0.25, -0.2) is 0 Å². The zero-order valence-electron chi connectivity index (χ0n) is 10.0. The molecule has 2 N–H and O–H groups in total. The number of hydrogen-bond acceptors (Lipinski definition) is 5. The molecule has 5 nitrogen and oxygen atoms in total. The maximum absolute atomic E-state index is 5.43. The Kier molecular flexibility index (Phi) is 3.56. The summed E-state index contributed by atoms with van der Waals surface area (Å²) >= 11 is 0. The number of nitrogens with zero attached hydrogens (tertiary/aromatic N) is 3. The van der Waals surface area contributed by atoms with Gasteiger partial charge in [0.25, 0.3) is 0 Å². The Balaban J connectivity index is 1.93. The summed E-state index contributed by atoms with van der Waals surface area (Å²) in [5.41, 5.74) is 5.43. The topological polar surface area (TPSA) is 68.2 Å². The minimum atomic E-state index is 0.319. The Bertz CT molecular complexity index is 328. The molecule has 2 atom stereocenters. The second kappa shape index (κ2) is 4.93. The zero-order chi connectivity index (χ0) is 11.5. The molecule has 0 saturated carbocycles. The molecule has 1 aromatic heterocycles. The van der Waals surface area contributed by atoms with Crippen LogP contribution in [0.4, 0.5) is 0 Å². The van der Waals surface area contributed by atoms with Crippen molar-refractivity contribution >= 4 is 0 Å². The summed E-state index contributed by atoms with van der Waals surface area (Å²) in [4.78, 5) is 6.62. The lowest BCUT2D eigenvalue weighted by molar-refractivity contribution is 0.130. The van der Waals surface area contributed by atoms with Crippen LogP contribution in [0, 0.1) is 11.8 Å². The lowest BCUT2D eigenvalue weighted by Gasteiger charge is -2.34. The molecule has 0 amide bonds. The largest absolute Gasteiger partial charge is 0.338 e. The summed E-state index contributed by atoms with van der Waals surface area (Å²) in [5.74, 6) is 2.78. The lowest BCUT2D eigenvalue weighted by atomic mass is 9.92. The van der Waals surface area contributed by atoms with Crippen LogP contribution in [0.15, 0.2) is 4.52 Å². The molecule has 0 radical (unpaired) electrons. The zero-order valence-corrected chi connectivity index (χ0v) is 10.0. The highest BCUT2D eigenvalue weighted by atomic mass is 16.5. The van der Waals surface area contributed by atoms with Crippen molar-refractivity contribution in [2.24, 2.45) is 17.6 Å². The van der Waals surface area contributed by atoms with E-state index in [1.165, 1.54) is 6.42 Å². The van der Waals surface area contributed by atoms with Crippen LogP contribution in [0.1, 0.15) is 32.0 Å². The molecule has 0 aliphatic carbocycles. The highest BCUT2D eigenvalue weighted by Gasteiger charge is 2.22. The van der Waals surface area contributed by atoms with Gasteiger partial charge in [-0.05, 0) is 18.3 Å². The molecule has 5 heteroatoms. The van der Waals surface area contributed by atoms with Gasteiger partial charge >= 0.3 is 0 Å². The summed E-state index contributed by atoms with van der Waals surface area (Å²) < 4.78 is 5.00. The number of nitrogens with two attached hydrogens (primary N) is 1. The molecule has 2 unspecified atom stereocenters. The number of aromatic nitrogens is 2. The summed E-state index contributed by atoms with van der Waals surface area (Å²) in [6.45, 7) is 7.93. The van der Waals surface area contributed by atoms with E-state index in [1.54, 1.807) is 0 Å². The average molecular weight is 224 g/mol. The van der Waals surface area contributed by atoms with Gasteiger partial charge in [-0.2, -0.15) is 4.98 Å². The molecule has 0 aromatic carbocycles. The molecule has 1 aliphatic rings. The molecule has 16 heavy (non-hydrogen) atoms. The van der Waals surface area contributed by atoms with E-state index >= 15 is 0 Å². The summed E-state index contributed by atoms with van der Waals surface area (Å²) in [6.07, 6.45) is 1.32. The van der Waals surface area contributed by atoms with Crippen LogP contribution in [0.2, 0.25) is 0 Å². The second-order valence-corrected chi connectivity index (χ2v) is 4.95. The van der Waals surface area contributed by atoms with E-state index in [0.29, 0.717) is 12.4 Å². The first kappa shape index (κ1) is 11.5. The van der Waals surface area contributed by atoms with Crippen LogP contribution in [0.3, 0.4) is 0 Å². The second-order valence-electron chi connectivity index (χ2n) is 4.95. The smallest absolute Gasteiger partial charge is 0.240 e. The van der Waals surface area contributed by atoms with Crippen LogP contribution in [0.5, 0.6) is 0 Å². The Hall–Kier alpha value is -0.940. The molecular weight excluding hydrogens is 204 g/mol. The van der Waals surface area contributed by atoms with Gasteiger partial charge in [-0.15, -0.1) is 0 Å². The summed E-state index contributed by atoms with van der Waals surface area (Å²) in [5, 5.41) is 3.92. The molecular formula is C11H20N4O. The number of hydrogen-bond donors (Lipinski definition) is 1. The summed E-state index contributed by atoms with van der Waals surface area (Å²) in [7, 11) is 0. The molecule has 2 heterocycles. The van der Waals surface area contributed by atoms with Crippen LogP contribution in [-0.2, 0) is 13.1 Å². The van der Waals surface area contributed by atoms with E-state index in [-0.39, 0.29) is 0 Å². The lowest BCUT2D eigenvalue weighted by Crippen LogP contribution is -2.38. The van der Waals surface area contributed by atoms with E-state index in [2.05, 4.69) is 28.9 Å². The normalized spacial score (nSPS) is 27.2. The van der Waals surface area contributed by atoms with Crippen molar-refractivity contribution in [3.05, 3.63) is 11.7 Å². The van der Waals surface area contributed by atoms with Gasteiger partial charge in [0.2, 0.25) is 5.89 Å². The predicted molar refractivity (Wildman–Crippen MR) is 60.4 cm³/mol. The maximum atomic E-state index is 5.43. The van der Waals surface area contributed by atoms with Gasteiger partial charge in [0.05, 0.1) is 13.1 Å². The van der Waals surface area contributed by atoms with Gasteiger partial charge in [-0.3, -0.25) is 4.90 Å². The van der Waals surface area contributed by atoms with E-state index in [1.807, 2.05) is 0 Å². The fourth-order valence-electron chi connectivity index (χ4n) is 2.56. The predicted octanol–water partition coefficient (Wildman–Crippen LogP) is 1.01. The molecule has 0 bridgehead atoms. The minimum absolute atomic E-state index is 0.319. The minimum Gasteiger partial charge on any atom is -0.338 e. The van der Waals surface area contributed by atoms with Crippen LogP contribution in [-0.4, -0.2) is 28.1 Å². The van der Waals surface area contributed by atoms with Crippen LogP contribution < -0.4 is 5.73 Å². The Morgan fingerprint density at radius 3 is 2.62 bits per heavy atom. The first-order valence-electron chi connectivity index (χ1n) is 5.91. The molecule has 1 aromatic rings. The molecule has 1 aliphatic heterocycles. The number of rotatable bonds is 3. The van der Waals surface area contributed by atoms with Crippen molar-refractivity contribution < 1.29 is 4.52 Å². The van der Waals surface area contributed by atoms with Crippen molar-refractivity contribution in [1.82, 2.24) is 15.0 Å². The van der Waals surface area contributed by atoms with Crippen molar-refractivity contribution in [2.75, 3.05) is 13.1 Å². The van der Waals surface area contributed by atoms with Crippen molar-refractivity contribution in [3.63, 3.8) is 0 Å². The Morgan fingerprint density at radius 2 is 2.06 bits per heavy atom. The summed E-state index contributed by atoms with van der Waals surface area (Å²) in [6, 6.07) is 0. The Morgan fingerprint density at radius 1 is 1.38 bits per heavy atom. The SMILES string of the molecule is CC1CC(C)CN(Cc2noc(CN)n2)C1. The average Bonchev–Trinajstić information content (AvgIpc) is 2.64. The van der Waals surface area contributed by atoms with E-state index < -0.39 is 0 Å². The van der Waals surface area contributed by atoms with E-state index in [9.17, 15) is 0 Å². The quantitative estimate of drug-likeness (QED) is 0.829. The van der Waals surface area contributed by atoms with Gasteiger partial charge in [-0.1, -0.05) is 19.0 Å². The number of likely N-dealkylation sites (tertiary alicyclic amines) is 1. The van der Waals surface area contributed by atoms with Gasteiger partial charge in [0.15, 0.2) is 5.82 Å². The van der Waals surface area contributed by atoms with E-state index in [4.69, 9.17) is 10.3 Å². The molecule has 1 saturated heterocycles. The highest BCUT2D eigenvalue weighted by molar-refractivity contribution is 4.87. The third kappa shape index (κ3) is 2.80. The molecule has 90 valence electrons. The monoisotopic (exact) mass is 224 g/mol. The third-order valence-corrected chi connectivity index (χ3v) is 2.99. The first-order chi connectivity index (χ1) is 7.67. The van der Waals surface area contributed by atoms with Gasteiger partial charge in [0.1, 0.15) is 0 Å². The van der Waals surface area contributed by atoms with Gasteiger partial charge in [0, 0.05) is 13.1 Å². The fraction of sp³-hybridized carbons (Fsp3) is 0.818. The van der Waals surface area contributed by atoms with Crippen molar-refractivity contribution in [2.45, 2.75) is 33.4 Å². The fourth-order valence-corrected chi connectivity index (χ4v) is 2.56. The van der Waals surface area contributed by atoms with Crippen molar-refractivity contribution in [1.29, 1.82) is 0 Å². The number of piperidine rings is 1. The maximum Gasteiger partial charge on any atom is 0.240 e. The van der Waals surface area contributed by atoms with E-state index in [0.717, 1.165) is 37.3 Å². The highest BCUT2D eigenvalue weighted by Crippen LogP contribution is 2.21. The molecule has 2 rings (SSSR count). The molecule has 1 fully saturated rings. The first-order valence-corrected chi connectivity index (χ1v) is 5.91.